The lowest BCUT2D eigenvalue weighted by Gasteiger charge is -2.23. The summed E-state index contributed by atoms with van der Waals surface area (Å²) in [6.07, 6.45) is 3.54. The number of carbonyl (C=O) groups is 1. The number of nitrogens with one attached hydrogen (secondary N) is 1. The molecule has 1 saturated heterocycles. The van der Waals surface area contributed by atoms with Crippen LogP contribution in [-0.2, 0) is 4.74 Å². The third-order valence-corrected chi connectivity index (χ3v) is 4.35. The fourth-order valence-electron chi connectivity index (χ4n) is 2.92. The number of carbonyl (C=O) groups excluding carboxylic acids is 1. The van der Waals surface area contributed by atoms with Crippen molar-refractivity contribution < 1.29 is 9.53 Å². The first-order chi connectivity index (χ1) is 11.8. The summed E-state index contributed by atoms with van der Waals surface area (Å²) in [5.74, 6) is 0. The molecule has 1 aliphatic heterocycles. The Morgan fingerprint density at radius 2 is 2.28 bits per heavy atom. The number of amides is 1. The number of ether oxygens (including phenoxy) is 1. The maximum atomic E-state index is 12.0. The van der Waals surface area contributed by atoms with Crippen molar-refractivity contribution in [2.75, 3.05) is 18.0 Å². The van der Waals surface area contributed by atoms with Gasteiger partial charge in [-0.25, -0.2) is 9.31 Å². The van der Waals surface area contributed by atoms with Gasteiger partial charge in [-0.1, -0.05) is 0 Å². The SMILES string of the molecule is CC(C)(C)NC(=O)O[C@H]1CCN(c2cc(Br)cn3ncc(C#N)c23)C1. The van der Waals surface area contributed by atoms with Gasteiger partial charge >= 0.3 is 6.09 Å². The van der Waals surface area contributed by atoms with E-state index in [1.807, 2.05) is 33.0 Å². The summed E-state index contributed by atoms with van der Waals surface area (Å²) < 4.78 is 8.09. The van der Waals surface area contributed by atoms with Crippen LogP contribution in [0.2, 0.25) is 0 Å². The Morgan fingerprint density at radius 3 is 2.96 bits per heavy atom. The van der Waals surface area contributed by atoms with Crippen molar-refractivity contribution >= 4 is 33.2 Å². The van der Waals surface area contributed by atoms with Crippen LogP contribution < -0.4 is 10.2 Å². The normalized spacial score (nSPS) is 17.6. The molecule has 0 aliphatic carbocycles. The molecule has 3 heterocycles. The second-order valence-electron chi connectivity index (χ2n) is 7.14. The molecule has 0 bridgehead atoms. The Hall–Kier alpha value is -2.27. The summed E-state index contributed by atoms with van der Waals surface area (Å²) in [6.45, 7) is 7.07. The Bertz CT molecular complexity index is 849. The minimum atomic E-state index is -0.402. The number of fused-ring (bicyclic) bond motifs is 1. The summed E-state index contributed by atoms with van der Waals surface area (Å²) in [4.78, 5) is 14.1. The van der Waals surface area contributed by atoms with Gasteiger partial charge in [0, 0.05) is 29.2 Å². The first-order valence-electron chi connectivity index (χ1n) is 8.07. The number of nitrogens with zero attached hydrogens (tertiary/aromatic N) is 4. The molecule has 2 aromatic heterocycles. The molecule has 1 amide bonds. The highest BCUT2D eigenvalue weighted by molar-refractivity contribution is 9.10. The summed E-state index contributed by atoms with van der Waals surface area (Å²) in [6, 6.07) is 4.15. The maximum absolute atomic E-state index is 12.0. The number of rotatable bonds is 2. The topological polar surface area (TPSA) is 82.7 Å². The molecule has 8 heteroatoms. The van der Waals surface area contributed by atoms with Crippen molar-refractivity contribution in [1.82, 2.24) is 14.9 Å². The first-order valence-corrected chi connectivity index (χ1v) is 8.87. The fraction of sp³-hybridized carbons (Fsp3) is 0.471. The van der Waals surface area contributed by atoms with Crippen molar-refractivity contribution in [3.8, 4) is 6.07 Å². The zero-order valence-corrected chi connectivity index (χ0v) is 16.0. The molecule has 0 unspecified atom stereocenters. The molecule has 0 saturated carbocycles. The number of hydrogen-bond donors (Lipinski definition) is 1. The average molecular weight is 406 g/mol. The number of hydrogen-bond acceptors (Lipinski definition) is 5. The molecule has 1 atom stereocenters. The van der Waals surface area contributed by atoms with Crippen LogP contribution in [0.25, 0.3) is 5.52 Å². The second kappa shape index (κ2) is 6.56. The van der Waals surface area contributed by atoms with Gasteiger partial charge in [0.25, 0.3) is 0 Å². The van der Waals surface area contributed by atoms with E-state index in [0.29, 0.717) is 12.1 Å². The van der Waals surface area contributed by atoms with E-state index in [1.54, 1.807) is 10.7 Å². The first kappa shape index (κ1) is 17.5. The summed E-state index contributed by atoms with van der Waals surface area (Å²) >= 11 is 3.48. The van der Waals surface area contributed by atoms with Crippen molar-refractivity contribution in [2.45, 2.75) is 38.8 Å². The Morgan fingerprint density at radius 1 is 1.52 bits per heavy atom. The van der Waals surface area contributed by atoms with Crippen LogP contribution in [-0.4, -0.2) is 40.4 Å². The van der Waals surface area contributed by atoms with Crippen molar-refractivity contribution in [3.63, 3.8) is 0 Å². The lowest BCUT2D eigenvalue weighted by atomic mass is 10.1. The smallest absolute Gasteiger partial charge is 0.407 e. The molecule has 2 aromatic rings. The van der Waals surface area contributed by atoms with Crippen LogP contribution in [0.5, 0.6) is 0 Å². The van der Waals surface area contributed by atoms with Gasteiger partial charge in [-0.3, -0.25) is 0 Å². The zero-order valence-electron chi connectivity index (χ0n) is 14.4. The largest absolute Gasteiger partial charge is 0.444 e. The van der Waals surface area contributed by atoms with Gasteiger partial charge in [0.15, 0.2) is 0 Å². The number of halogens is 1. The predicted molar refractivity (Wildman–Crippen MR) is 97.6 cm³/mol. The van der Waals surface area contributed by atoms with Gasteiger partial charge in [0.2, 0.25) is 0 Å². The summed E-state index contributed by atoms with van der Waals surface area (Å²) in [5.41, 5.74) is 1.87. The molecular weight excluding hydrogens is 386 g/mol. The third-order valence-electron chi connectivity index (χ3n) is 3.92. The highest BCUT2D eigenvalue weighted by Crippen LogP contribution is 2.31. The number of nitriles is 1. The van der Waals surface area contributed by atoms with Gasteiger partial charge in [-0.15, -0.1) is 0 Å². The molecule has 7 nitrogen and oxygen atoms in total. The van der Waals surface area contributed by atoms with Crippen molar-refractivity contribution in [2.24, 2.45) is 0 Å². The monoisotopic (exact) mass is 405 g/mol. The molecule has 132 valence electrons. The van der Waals surface area contributed by atoms with Crippen molar-refractivity contribution in [1.29, 1.82) is 5.26 Å². The summed E-state index contributed by atoms with van der Waals surface area (Å²) in [5, 5.41) is 16.4. The fourth-order valence-corrected chi connectivity index (χ4v) is 3.33. The molecule has 0 radical (unpaired) electrons. The second-order valence-corrected chi connectivity index (χ2v) is 8.06. The summed E-state index contributed by atoms with van der Waals surface area (Å²) in [7, 11) is 0. The zero-order chi connectivity index (χ0) is 18.2. The van der Waals surface area contributed by atoms with Crippen LogP contribution in [0, 0.1) is 11.3 Å². The van der Waals surface area contributed by atoms with E-state index in [4.69, 9.17) is 4.74 Å². The van der Waals surface area contributed by atoms with Gasteiger partial charge < -0.3 is 15.0 Å². The molecule has 3 rings (SSSR count). The Labute approximate surface area is 154 Å². The molecule has 0 aromatic carbocycles. The van der Waals surface area contributed by atoms with Gasteiger partial charge in [0.05, 0.1) is 24.0 Å². The van der Waals surface area contributed by atoms with E-state index in [1.165, 1.54) is 0 Å². The molecule has 0 spiro atoms. The number of pyridine rings is 1. The van der Waals surface area contributed by atoms with E-state index >= 15 is 0 Å². The quantitative estimate of drug-likeness (QED) is 0.829. The number of aromatic nitrogens is 2. The average Bonchev–Trinajstić information content (AvgIpc) is 3.10. The van der Waals surface area contributed by atoms with Crippen LogP contribution >= 0.6 is 15.9 Å². The molecule has 1 fully saturated rings. The van der Waals surface area contributed by atoms with Gasteiger partial charge in [-0.2, -0.15) is 10.4 Å². The minimum Gasteiger partial charge on any atom is -0.444 e. The standard InChI is InChI=1S/C17H20BrN5O2/c1-17(2,3)21-16(24)25-13-4-5-22(10-13)14-6-12(18)9-23-15(14)11(7-19)8-20-23/h6,8-9,13H,4-5,10H2,1-3H3,(H,21,24)/t13-/m0/s1. The molecule has 25 heavy (non-hydrogen) atoms. The van der Waals surface area contributed by atoms with E-state index in [9.17, 15) is 10.1 Å². The van der Waals surface area contributed by atoms with Gasteiger partial charge in [0.1, 0.15) is 17.7 Å². The van der Waals surface area contributed by atoms with Crippen LogP contribution in [0.4, 0.5) is 10.5 Å². The van der Waals surface area contributed by atoms with Crippen LogP contribution in [0.15, 0.2) is 22.9 Å². The minimum absolute atomic E-state index is 0.185. The Balaban J connectivity index is 1.79. The van der Waals surface area contributed by atoms with Crippen LogP contribution in [0.1, 0.15) is 32.8 Å². The molecule has 1 N–H and O–H groups in total. The number of alkyl carbamates (subject to hydrolysis) is 1. The van der Waals surface area contributed by atoms with E-state index in [2.05, 4.69) is 37.3 Å². The molecular formula is C17H20BrN5O2. The predicted octanol–water partition coefficient (Wildman–Crippen LogP) is 3.07. The number of anilines is 1. The lowest BCUT2D eigenvalue weighted by Crippen LogP contribution is -2.42. The van der Waals surface area contributed by atoms with Crippen molar-refractivity contribution in [3.05, 3.63) is 28.5 Å². The van der Waals surface area contributed by atoms with E-state index in [0.717, 1.165) is 28.6 Å². The Kier molecular flexibility index (Phi) is 4.60. The maximum Gasteiger partial charge on any atom is 0.407 e. The van der Waals surface area contributed by atoms with E-state index < -0.39 is 6.09 Å². The highest BCUT2D eigenvalue weighted by Gasteiger charge is 2.29. The molecule has 1 aliphatic rings. The lowest BCUT2D eigenvalue weighted by molar-refractivity contribution is 0.101. The highest BCUT2D eigenvalue weighted by atomic mass is 79.9. The van der Waals surface area contributed by atoms with E-state index in [-0.39, 0.29) is 11.6 Å². The van der Waals surface area contributed by atoms with Gasteiger partial charge in [-0.05, 0) is 42.8 Å². The third kappa shape index (κ3) is 3.87. The van der Waals surface area contributed by atoms with Crippen LogP contribution in [0.3, 0.4) is 0 Å².